The molecule has 4 N–H and O–H groups in total. The van der Waals surface area contributed by atoms with Crippen LogP contribution in [0.3, 0.4) is 0 Å². The van der Waals surface area contributed by atoms with Crippen molar-refractivity contribution in [2.24, 2.45) is 4.99 Å². The Hall–Kier alpha value is -1.21. The molecule has 1 aromatic rings. The lowest BCUT2D eigenvalue weighted by Gasteiger charge is -2.18. The second kappa shape index (κ2) is 8.59. The lowest BCUT2D eigenvalue weighted by molar-refractivity contribution is 0.296. The highest BCUT2D eigenvalue weighted by Gasteiger charge is 2.43. The minimum absolute atomic E-state index is 0.419. The van der Waals surface area contributed by atoms with Gasteiger partial charge in [-0.05, 0) is 18.6 Å². The van der Waals surface area contributed by atoms with Crippen molar-refractivity contribution in [3.8, 4) is 5.75 Å². The maximum absolute atomic E-state index is 11.1. The SMILES string of the molecule is CN(C=NC(P(=O)(O)O)P(=O)(O)O)CCCOc1ccccc1. The largest absolute Gasteiger partial charge is 0.494 e. The van der Waals surface area contributed by atoms with Crippen LogP contribution < -0.4 is 4.74 Å². The Balaban J connectivity index is 2.44. The molecule has 0 fully saturated rings. The van der Waals surface area contributed by atoms with Crippen LogP contribution in [-0.2, 0) is 9.13 Å². The highest BCUT2D eigenvalue weighted by Crippen LogP contribution is 2.60. The summed E-state index contributed by atoms with van der Waals surface area (Å²) < 4.78 is 27.6. The molecule has 0 aliphatic rings. The average Bonchev–Trinajstić information content (AvgIpc) is 2.42. The normalized spacial score (nSPS) is 12.8. The van der Waals surface area contributed by atoms with Crippen molar-refractivity contribution in [1.29, 1.82) is 0 Å². The number of rotatable bonds is 9. The van der Waals surface area contributed by atoms with Gasteiger partial charge in [0.25, 0.3) is 5.52 Å². The highest BCUT2D eigenvalue weighted by atomic mass is 31.2. The quantitative estimate of drug-likeness (QED) is 0.220. The zero-order valence-electron chi connectivity index (χ0n) is 12.5. The van der Waals surface area contributed by atoms with Gasteiger partial charge in [0.05, 0.1) is 12.9 Å². The van der Waals surface area contributed by atoms with E-state index in [0.717, 1.165) is 12.1 Å². The summed E-state index contributed by atoms with van der Waals surface area (Å²) >= 11 is 0. The lowest BCUT2D eigenvalue weighted by atomic mass is 10.3. The van der Waals surface area contributed by atoms with Crippen molar-refractivity contribution in [2.75, 3.05) is 20.2 Å². The highest BCUT2D eigenvalue weighted by molar-refractivity contribution is 7.70. The molecule has 9 nitrogen and oxygen atoms in total. The Morgan fingerprint density at radius 2 is 1.74 bits per heavy atom. The minimum Gasteiger partial charge on any atom is -0.494 e. The van der Waals surface area contributed by atoms with E-state index in [1.165, 1.54) is 4.90 Å². The maximum atomic E-state index is 11.1. The van der Waals surface area contributed by atoms with E-state index in [2.05, 4.69) is 4.99 Å². The van der Waals surface area contributed by atoms with Gasteiger partial charge in [-0.25, -0.2) is 4.99 Å². The van der Waals surface area contributed by atoms with Crippen molar-refractivity contribution >= 4 is 21.5 Å². The van der Waals surface area contributed by atoms with Gasteiger partial charge in [0.2, 0.25) is 0 Å². The van der Waals surface area contributed by atoms with Gasteiger partial charge in [-0.3, -0.25) is 9.13 Å². The van der Waals surface area contributed by atoms with Crippen LogP contribution in [0.5, 0.6) is 5.75 Å². The fourth-order valence-corrected chi connectivity index (χ4v) is 3.66. The summed E-state index contributed by atoms with van der Waals surface area (Å²) in [7, 11) is -8.50. The summed E-state index contributed by atoms with van der Waals surface area (Å²) in [6, 6.07) is 9.19. The van der Waals surface area contributed by atoms with E-state index in [9.17, 15) is 9.13 Å². The molecule has 0 radical (unpaired) electrons. The third-order valence-electron chi connectivity index (χ3n) is 2.67. The summed E-state index contributed by atoms with van der Waals surface area (Å²) in [5.41, 5.74) is -2.38. The van der Waals surface area contributed by atoms with Crippen LogP contribution in [0.15, 0.2) is 35.3 Å². The fraction of sp³-hybridized carbons (Fsp3) is 0.417. The fourth-order valence-electron chi connectivity index (χ4n) is 1.62. The van der Waals surface area contributed by atoms with Crippen LogP contribution in [0, 0.1) is 0 Å². The summed E-state index contributed by atoms with van der Waals surface area (Å²) in [5.74, 6) is 0.729. The predicted octanol–water partition coefficient (Wildman–Crippen LogP) is 1.05. The van der Waals surface area contributed by atoms with Gasteiger partial charge >= 0.3 is 15.2 Å². The third-order valence-corrected chi connectivity index (χ3v) is 5.94. The van der Waals surface area contributed by atoms with Gasteiger partial charge < -0.3 is 29.2 Å². The van der Waals surface area contributed by atoms with Crippen LogP contribution >= 0.6 is 15.2 Å². The van der Waals surface area contributed by atoms with Crippen molar-refractivity contribution in [3.05, 3.63) is 30.3 Å². The number of hydrogen-bond acceptors (Lipinski definition) is 4. The van der Waals surface area contributed by atoms with Gasteiger partial charge in [0, 0.05) is 13.6 Å². The van der Waals surface area contributed by atoms with E-state index in [-0.39, 0.29) is 0 Å². The topological polar surface area (TPSA) is 140 Å². The molecule has 11 heteroatoms. The molecule has 1 aromatic carbocycles. The molecular formula is C12H20N2O7P2. The van der Waals surface area contributed by atoms with Crippen LogP contribution in [0.2, 0.25) is 0 Å². The first kappa shape index (κ1) is 19.8. The number of para-hydroxylation sites is 1. The molecule has 0 saturated heterocycles. The molecule has 0 heterocycles. The van der Waals surface area contributed by atoms with Crippen LogP contribution in [0.25, 0.3) is 0 Å². The van der Waals surface area contributed by atoms with Crippen LogP contribution in [-0.4, -0.2) is 56.5 Å². The Morgan fingerprint density at radius 3 is 2.26 bits per heavy atom. The first-order valence-corrected chi connectivity index (χ1v) is 9.99. The summed E-state index contributed by atoms with van der Waals surface area (Å²) in [5, 5.41) is 0. The van der Waals surface area contributed by atoms with Crippen molar-refractivity contribution in [3.63, 3.8) is 0 Å². The van der Waals surface area contributed by atoms with Crippen molar-refractivity contribution in [2.45, 2.75) is 11.9 Å². The Bertz CT molecular complexity index is 577. The maximum Gasteiger partial charge on any atom is 0.362 e. The standard InChI is InChI=1S/C12H20N2O7P2/c1-14(8-5-9-21-11-6-3-2-4-7-11)10-13-12(22(15,16)17)23(18,19)20/h2-4,6-7,10,12H,5,8-9H2,1H3,(H2,15,16,17)(H2,18,19,20). The molecule has 0 aliphatic heterocycles. The Morgan fingerprint density at radius 1 is 1.17 bits per heavy atom. The zero-order chi connectivity index (χ0) is 17.5. The van der Waals surface area contributed by atoms with Crippen LogP contribution in [0.4, 0.5) is 0 Å². The number of hydrogen-bond donors (Lipinski definition) is 4. The summed E-state index contributed by atoms with van der Waals surface area (Å²) in [4.78, 5) is 40.5. The molecule has 130 valence electrons. The molecule has 0 amide bonds. The van der Waals surface area contributed by atoms with Gasteiger partial charge in [0.1, 0.15) is 5.75 Å². The number of benzene rings is 1. The molecular weight excluding hydrogens is 346 g/mol. The summed E-state index contributed by atoms with van der Waals surface area (Å²) in [6.45, 7) is 0.855. The van der Waals surface area contributed by atoms with Gasteiger partial charge in [-0.1, -0.05) is 18.2 Å². The Labute approximate surface area is 133 Å². The molecule has 0 saturated carbocycles. The van der Waals surface area contributed by atoms with Gasteiger partial charge in [-0.2, -0.15) is 0 Å². The first-order valence-electron chi connectivity index (χ1n) is 6.62. The summed E-state index contributed by atoms with van der Waals surface area (Å²) in [6.07, 6.45) is 1.60. The number of aliphatic imine (C=N–C) groups is 1. The minimum atomic E-state index is -5.04. The second-order valence-corrected chi connectivity index (χ2v) is 8.53. The van der Waals surface area contributed by atoms with Crippen molar-refractivity contribution < 1.29 is 33.4 Å². The monoisotopic (exact) mass is 366 g/mol. The van der Waals surface area contributed by atoms with E-state index >= 15 is 0 Å². The average molecular weight is 366 g/mol. The van der Waals surface area contributed by atoms with Gasteiger partial charge in [0.15, 0.2) is 0 Å². The van der Waals surface area contributed by atoms with Gasteiger partial charge in [-0.15, -0.1) is 0 Å². The molecule has 0 aromatic heterocycles. The molecule has 23 heavy (non-hydrogen) atoms. The molecule has 0 spiro atoms. The molecule has 1 rings (SSSR count). The van der Waals surface area contributed by atoms with E-state index < -0.39 is 20.7 Å². The first-order chi connectivity index (χ1) is 10.6. The van der Waals surface area contributed by atoms with Crippen molar-refractivity contribution in [1.82, 2.24) is 4.90 Å². The molecule has 0 atom stereocenters. The Kier molecular flexibility index (Phi) is 7.41. The van der Waals surface area contributed by atoms with E-state index in [1.54, 1.807) is 7.05 Å². The predicted molar refractivity (Wildman–Crippen MR) is 85.6 cm³/mol. The number of nitrogens with zero attached hydrogens (tertiary/aromatic N) is 2. The van der Waals surface area contributed by atoms with E-state index in [0.29, 0.717) is 19.6 Å². The molecule has 0 unspecified atom stereocenters. The van der Waals surface area contributed by atoms with E-state index in [1.807, 2.05) is 30.3 Å². The number of ether oxygens (including phenoxy) is 1. The second-order valence-electron chi connectivity index (χ2n) is 4.78. The van der Waals surface area contributed by atoms with Crippen LogP contribution in [0.1, 0.15) is 6.42 Å². The lowest BCUT2D eigenvalue weighted by Crippen LogP contribution is -2.21. The van der Waals surface area contributed by atoms with E-state index in [4.69, 9.17) is 24.3 Å². The molecule has 0 bridgehead atoms. The zero-order valence-corrected chi connectivity index (χ0v) is 14.3. The smallest absolute Gasteiger partial charge is 0.362 e. The third kappa shape index (κ3) is 7.74. The molecule has 0 aliphatic carbocycles.